The average molecular weight is 407 g/mol. The third-order valence-electron chi connectivity index (χ3n) is 4.92. The summed E-state index contributed by atoms with van der Waals surface area (Å²) in [6, 6.07) is 18.4. The van der Waals surface area contributed by atoms with Crippen molar-refractivity contribution in [1.29, 1.82) is 0 Å². The molecule has 0 saturated carbocycles. The van der Waals surface area contributed by atoms with Crippen LogP contribution >= 0.6 is 11.8 Å². The van der Waals surface area contributed by atoms with Crippen LogP contribution in [0.4, 0.5) is 10.5 Å². The summed E-state index contributed by atoms with van der Waals surface area (Å²) in [4.78, 5) is 17.5. The first-order valence-corrected chi connectivity index (χ1v) is 10.6. The third-order valence-corrected chi connectivity index (χ3v) is 6.08. The molecular weight excluding hydrogens is 384 g/mol. The first-order chi connectivity index (χ1) is 14.3. The highest BCUT2D eigenvalue weighted by molar-refractivity contribution is 7.99. The summed E-state index contributed by atoms with van der Waals surface area (Å²) >= 11 is 1.57. The molecule has 5 nitrogen and oxygen atoms in total. The van der Waals surface area contributed by atoms with Crippen LogP contribution in [0.3, 0.4) is 0 Å². The number of fused-ring (bicyclic) bond motifs is 3. The Balaban J connectivity index is 1.43. The molecule has 3 aromatic rings. The van der Waals surface area contributed by atoms with Crippen molar-refractivity contribution < 1.29 is 14.6 Å². The second kappa shape index (κ2) is 9.11. The Morgan fingerprint density at radius 1 is 1.07 bits per heavy atom. The maximum absolute atomic E-state index is 12.5. The van der Waals surface area contributed by atoms with Crippen molar-refractivity contribution in [2.24, 2.45) is 0 Å². The quantitative estimate of drug-likeness (QED) is 0.431. The fraction of sp³-hybridized carbons (Fsp3) is 0.217. The lowest BCUT2D eigenvalue weighted by Crippen LogP contribution is -2.18. The van der Waals surface area contributed by atoms with E-state index in [0.29, 0.717) is 12.1 Å². The summed E-state index contributed by atoms with van der Waals surface area (Å²) in [5.41, 5.74) is 5.39. The molecular formula is C23H22N2O3S. The van der Waals surface area contributed by atoms with E-state index >= 15 is 0 Å². The molecule has 0 atom stereocenters. The van der Waals surface area contributed by atoms with E-state index in [0.717, 1.165) is 10.6 Å². The number of nitrogens with zero attached hydrogens (tertiary/aromatic N) is 1. The van der Waals surface area contributed by atoms with Gasteiger partial charge in [0, 0.05) is 29.4 Å². The molecule has 1 amide bonds. The lowest BCUT2D eigenvalue weighted by molar-refractivity contribution is 0.158. The Bertz CT molecular complexity index is 963. The van der Waals surface area contributed by atoms with Gasteiger partial charge in [0.15, 0.2) is 0 Å². The Labute approximate surface area is 174 Å². The van der Waals surface area contributed by atoms with E-state index in [2.05, 4.69) is 34.6 Å². The molecule has 1 aromatic heterocycles. The Hall–Kier alpha value is -2.83. The first kappa shape index (κ1) is 19.5. The van der Waals surface area contributed by atoms with Crippen LogP contribution in [0.25, 0.3) is 11.1 Å². The lowest BCUT2D eigenvalue weighted by Gasteiger charge is -2.15. The number of rotatable bonds is 7. The molecule has 1 aliphatic carbocycles. The lowest BCUT2D eigenvalue weighted by atomic mass is 9.98. The maximum atomic E-state index is 12.5. The standard InChI is InChI=1S/C23H22N2O3S/c26-12-5-13-29-22-10-11-24-14-21(22)25-23(27)28-15-20-18-8-3-1-6-16(18)17-7-2-4-9-19(17)20/h1-4,6-11,14,20,26H,5,12-13,15H2,(H,25,27). The zero-order valence-corrected chi connectivity index (χ0v) is 16.7. The highest BCUT2D eigenvalue weighted by Crippen LogP contribution is 2.44. The van der Waals surface area contributed by atoms with Gasteiger partial charge in [-0.15, -0.1) is 11.8 Å². The van der Waals surface area contributed by atoms with Crippen molar-refractivity contribution in [3.8, 4) is 11.1 Å². The molecule has 0 saturated heterocycles. The van der Waals surface area contributed by atoms with Gasteiger partial charge >= 0.3 is 6.09 Å². The Morgan fingerprint density at radius 3 is 2.45 bits per heavy atom. The fourth-order valence-corrected chi connectivity index (χ4v) is 4.50. The minimum atomic E-state index is -0.496. The second-order valence-electron chi connectivity index (χ2n) is 6.75. The molecule has 2 aromatic carbocycles. The topological polar surface area (TPSA) is 71.5 Å². The van der Waals surface area contributed by atoms with Crippen LogP contribution in [0.5, 0.6) is 0 Å². The number of anilines is 1. The van der Waals surface area contributed by atoms with E-state index in [-0.39, 0.29) is 19.1 Å². The molecule has 1 heterocycles. The second-order valence-corrected chi connectivity index (χ2v) is 7.88. The van der Waals surface area contributed by atoms with E-state index in [1.807, 2.05) is 30.3 Å². The molecule has 29 heavy (non-hydrogen) atoms. The van der Waals surface area contributed by atoms with Crippen LogP contribution in [0, 0.1) is 0 Å². The van der Waals surface area contributed by atoms with Crippen molar-refractivity contribution in [2.45, 2.75) is 17.2 Å². The molecule has 0 bridgehead atoms. The van der Waals surface area contributed by atoms with E-state index in [1.54, 1.807) is 24.2 Å². The van der Waals surface area contributed by atoms with Crippen LogP contribution < -0.4 is 5.32 Å². The number of nitrogens with one attached hydrogen (secondary N) is 1. The van der Waals surface area contributed by atoms with Gasteiger partial charge in [-0.1, -0.05) is 48.5 Å². The van der Waals surface area contributed by atoms with Crippen LogP contribution in [0.2, 0.25) is 0 Å². The summed E-state index contributed by atoms with van der Waals surface area (Å²) in [6.07, 6.45) is 3.49. The van der Waals surface area contributed by atoms with Crippen LogP contribution in [-0.2, 0) is 4.74 Å². The normalized spacial score (nSPS) is 12.3. The van der Waals surface area contributed by atoms with Gasteiger partial charge in [0.05, 0.1) is 11.9 Å². The number of pyridine rings is 1. The van der Waals surface area contributed by atoms with Crippen molar-refractivity contribution in [3.63, 3.8) is 0 Å². The number of carbonyl (C=O) groups is 1. The number of hydrogen-bond acceptors (Lipinski definition) is 5. The zero-order valence-electron chi connectivity index (χ0n) is 15.9. The summed E-state index contributed by atoms with van der Waals surface area (Å²) < 4.78 is 5.60. The summed E-state index contributed by atoms with van der Waals surface area (Å²) in [6.45, 7) is 0.417. The molecule has 0 aliphatic heterocycles. The predicted octanol–water partition coefficient (Wildman–Crippen LogP) is 4.92. The molecule has 1 aliphatic rings. The van der Waals surface area contributed by atoms with Gasteiger partial charge in [0.1, 0.15) is 6.61 Å². The minimum absolute atomic E-state index is 0.0282. The molecule has 4 rings (SSSR count). The van der Waals surface area contributed by atoms with Gasteiger partial charge in [0.2, 0.25) is 0 Å². The van der Waals surface area contributed by atoms with Gasteiger partial charge in [0.25, 0.3) is 0 Å². The summed E-state index contributed by atoms with van der Waals surface area (Å²) in [5, 5.41) is 11.8. The van der Waals surface area contributed by atoms with Crippen molar-refractivity contribution >= 4 is 23.5 Å². The zero-order chi connectivity index (χ0) is 20.1. The molecule has 0 unspecified atom stereocenters. The van der Waals surface area contributed by atoms with E-state index in [9.17, 15) is 4.79 Å². The summed E-state index contributed by atoms with van der Waals surface area (Å²) in [5.74, 6) is 0.792. The molecule has 0 spiro atoms. The van der Waals surface area contributed by atoms with Crippen molar-refractivity contribution in [2.75, 3.05) is 24.3 Å². The van der Waals surface area contributed by atoms with Crippen LogP contribution in [0.1, 0.15) is 23.5 Å². The van der Waals surface area contributed by atoms with Crippen LogP contribution in [-0.4, -0.2) is 35.2 Å². The number of aromatic nitrogens is 1. The van der Waals surface area contributed by atoms with E-state index in [4.69, 9.17) is 9.84 Å². The van der Waals surface area contributed by atoms with Gasteiger partial charge in [-0.2, -0.15) is 0 Å². The van der Waals surface area contributed by atoms with Crippen LogP contribution in [0.15, 0.2) is 71.9 Å². The SMILES string of the molecule is O=C(Nc1cnccc1SCCCO)OCC1c2ccccc2-c2ccccc21. The molecule has 0 fully saturated rings. The number of amides is 1. The van der Waals surface area contributed by atoms with Gasteiger partial charge in [-0.25, -0.2) is 4.79 Å². The predicted molar refractivity (Wildman–Crippen MR) is 115 cm³/mol. The van der Waals surface area contributed by atoms with Gasteiger partial charge in [-0.3, -0.25) is 10.3 Å². The smallest absolute Gasteiger partial charge is 0.411 e. The molecule has 148 valence electrons. The monoisotopic (exact) mass is 406 g/mol. The van der Waals surface area contributed by atoms with Crippen molar-refractivity contribution in [3.05, 3.63) is 78.1 Å². The number of aliphatic hydroxyl groups excluding tert-OH is 1. The number of hydrogen-bond donors (Lipinski definition) is 2. The molecule has 6 heteroatoms. The highest BCUT2D eigenvalue weighted by atomic mass is 32.2. The van der Waals surface area contributed by atoms with Gasteiger partial charge < -0.3 is 9.84 Å². The molecule has 2 N–H and O–H groups in total. The highest BCUT2D eigenvalue weighted by Gasteiger charge is 2.29. The van der Waals surface area contributed by atoms with Gasteiger partial charge in [-0.05, 0) is 34.7 Å². The average Bonchev–Trinajstić information content (AvgIpc) is 3.07. The summed E-state index contributed by atoms with van der Waals surface area (Å²) in [7, 11) is 0. The van der Waals surface area contributed by atoms with E-state index < -0.39 is 6.09 Å². The number of carbonyl (C=O) groups excluding carboxylic acids is 1. The molecule has 0 radical (unpaired) electrons. The Kier molecular flexibility index (Phi) is 6.12. The minimum Gasteiger partial charge on any atom is -0.448 e. The third kappa shape index (κ3) is 4.28. The van der Waals surface area contributed by atoms with Crippen molar-refractivity contribution in [1.82, 2.24) is 4.98 Å². The number of thioether (sulfide) groups is 1. The Morgan fingerprint density at radius 2 is 1.76 bits per heavy atom. The van der Waals surface area contributed by atoms with E-state index in [1.165, 1.54) is 22.3 Å². The number of ether oxygens (including phenoxy) is 1. The number of benzene rings is 2. The maximum Gasteiger partial charge on any atom is 0.411 e. The largest absolute Gasteiger partial charge is 0.448 e. The first-order valence-electron chi connectivity index (χ1n) is 9.57. The fourth-order valence-electron chi connectivity index (χ4n) is 3.59. The number of aliphatic hydroxyl groups is 1.